The summed E-state index contributed by atoms with van der Waals surface area (Å²) in [5, 5.41) is 3.27. The fourth-order valence-electron chi connectivity index (χ4n) is 2.16. The Hall–Kier alpha value is -2.47. The van der Waals surface area contributed by atoms with Gasteiger partial charge in [0.25, 0.3) is 5.91 Å². The molecule has 1 aliphatic rings. The summed E-state index contributed by atoms with van der Waals surface area (Å²) in [6.07, 6.45) is 0.564. The first-order chi connectivity index (χ1) is 10.6. The van der Waals surface area contributed by atoms with Gasteiger partial charge in [0.1, 0.15) is 6.10 Å². The number of nitrogens with one attached hydrogen (secondary N) is 1. The summed E-state index contributed by atoms with van der Waals surface area (Å²) in [6.45, 7) is 0.578. The average Bonchev–Trinajstić information content (AvgIpc) is 3.15. The SMILES string of the molecule is O=C(NCC1CN(c2ccc(Cl)cc2)C(=O)O1)c1ccco1. The highest BCUT2D eigenvalue weighted by atomic mass is 35.5. The van der Waals surface area contributed by atoms with Crippen LogP contribution in [0.5, 0.6) is 0 Å². The summed E-state index contributed by atoms with van der Waals surface area (Å²) < 4.78 is 10.2. The Morgan fingerprint density at radius 1 is 1.32 bits per heavy atom. The largest absolute Gasteiger partial charge is 0.459 e. The molecule has 1 aromatic carbocycles. The highest BCUT2D eigenvalue weighted by Gasteiger charge is 2.32. The number of nitrogens with zero attached hydrogens (tertiary/aromatic N) is 1. The number of carbonyl (C=O) groups excluding carboxylic acids is 2. The number of hydrogen-bond donors (Lipinski definition) is 1. The number of hydrogen-bond acceptors (Lipinski definition) is 4. The molecule has 1 fully saturated rings. The van der Waals surface area contributed by atoms with Gasteiger partial charge in [0.05, 0.1) is 19.4 Å². The Balaban J connectivity index is 1.58. The molecule has 1 aliphatic heterocycles. The van der Waals surface area contributed by atoms with Crippen LogP contribution in [-0.4, -0.2) is 31.2 Å². The quantitative estimate of drug-likeness (QED) is 0.940. The number of carbonyl (C=O) groups is 2. The number of benzene rings is 1. The van der Waals surface area contributed by atoms with Crippen molar-refractivity contribution in [3.8, 4) is 0 Å². The van der Waals surface area contributed by atoms with E-state index in [0.29, 0.717) is 17.3 Å². The lowest BCUT2D eigenvalue weighted by Crippen LogP contribution is -2.34. The molecule has 1 saturated heterocycles. The first-order valence-corrected chi connectivity index (χ1v) is 7.07. The molecule has 2 amide bonds. The van der Waals surface area contributed by atoms with Gasteiger partial charge >= 0.3 is 6.09 Å². The van der Waals surface area contributed by atoms with Crippen LogP contribution in [-0.2, 0) is 4.74 Å². The maximum Gasteiger partial charge on any atom is 0.414 e. The van der Waals surface area contributed by atoms with Gasteiger partial charge in [-0.05, 0) is 36.4 Å². The highest BCUT2D eigenvalue weighted by Crippen LogP contribution is 2.23. The maximum atomic E-state index is 11.9. The lowest BCUT2D eigenvalue weighted by molar-refractivity contribution is 0.0889. The number of anilines is 1. The van der Waals surface area contributed by atoms with E-state index in [4.69, 9.17) is 20.8 Å². The first-order valence-electron chi connectivity index (χ1n) is 6.69. The molecule has 2 heterocycles. The van der Waals surface area contributed by atoms with Gasteiger partial charge in [-0.2, -0.15) is 0 Å². The molecule has 6 nitrogen and oxygen atoms in total. The Bertz CT molecular complexity index is 669. The third-order valence-corrected chi connectivity index (χ3v) is 3.50. The van der Waals surface area contributed by atoms with E-state index in [2.05, 4.69) is 5.32 Å². The van der Waals surface area contributed by atoms with Crippen LogP contribution in [0.15, 0.2) is 47.1 Å². The van der Waals surface area contributed by atoms with E-state index in [1.165, 1.54) is 11.2 Å². The molecule has 0 aliphatic carbocycles. The van der Waals surface area contributed by atoms with Crippen LogP contribution in [0.25, 0.3) is 0 Å². The molecule has 0 radical (unpaired) electrons. The van der Waals surface area contributed by atoms with Gasteiger partial charge in [0, 0.05) is 10.7 Å². The van der Waals surface area contributed by atoms with E-state index < -0.39 is 12.2 Å². The van der Waals surface area contributed by atoms with Crippen molar-refractivity contribution in [1.82, 2.24) is 5.32 Å². The molecule has 7 heteroatoms. The van der Waals surface area contributed by atoms with Gasteiger partial charge in [-0.3, -0.25) is 9.69 Å². The minimum absolute atomic E-state index is 0.218. The zero-order valence-electron chi connectivity index (χ0n) is 11.5. The molecule has 3 rings (SSSR count). The van der Waals surface area contributed by atoms with Crippen LogP contribution in [0.4, 0.5) is 10.5 Å². The summed E-state index contributed by atoms with van der Waals surface area (Å²) in [6, 6.07) is 10.1. The standard InChI is InChI=1S/C15H13ClN2O4/c16-10-3-5-11(6-4-10)18-9-12(22-15(18)20)8-17-14(19)13-2-1-7-21-13/h1-7,12H,8-9H2,(H,17,19). The van der Waals surface area contributed by atoms with Crippen molar-refractivity contribution in [2.45, 2.75) is 6.10 Å². The van der Waals surface area contributed by atoms with Crippen molar-refractivity contribution in [3.05, 3.63) is 53.4 Å². The first kappa shape index (κ1) is 14.5. The zero-order chi connectivity index (χ0) is 15.5. The predicted octanol–water partition coefficient (Wildman–Crippen LogP) is 2.69. The van der Waals surface area contributed by atoms with Crippen LogP contribution < -0.4 is 10.2 Å². The van der Waals surface area contributed by atoms with Gasteiger partial charge in [0.2, 0.25) is 0 Å². The molecule has 1 aromatic heterocycles. The molecule has 22 heavy (non-hydrogen) atoms. The summed E-state index contributed by atoms with van der Waals surface area (Å²) in [4.78, 5) is 25.1. The Kier molecular flexibility index (Phi) is 4.02. The molecule has 1 unspecified atom stereocenters. The highest BCUT2D eigenvalue weighted by molar-refractivity contribution is 6.30. The summed E-state index contributed by atoms with van der Waals surface area (Å²) in [5.41, 5.74) is 0.703. The van der Waals surface area contributed by atoms with Crippen LogP contribution in [0.1, 0.15) is 10.6 Å². The van der Waals surface area contributed by atoms with E-state index in [-0.39, 0.29) is 18.2 Å². The van der Waals surface area contributed by atoms with Gasteiger partial charge in [-0.25, -0.2) is 4.79 Å². The zero-order valence-corrected chi connectivity index (χ0v) is 12.2. The van der Waals surface area contributed by atoms with Crippen LogP contribution in [0, 0.1) is 0 Å². The van der Waals surface area contributed by atoms with Gasteiger partial charge in [-0.1, -0.05) is 11.6 Å². The number of amides is 2. The number of halogens is 1. The molecular formula is C15H13ClN2O4. The fraction of sp³-hybridized carbons (Fsp3) is 0.200. The van der Waals surface area contributed by atoms with Crippen molar-refractivity contribution < 1.29 is 18.7 Å². The number of ether oxygens (including phenoxy) is 1. The third kappa shape index (κ3) is 3.07. The third-order valence-electron chi connectivity index (χ3n) is 3.25. The number of rotatable bonds is 4. The fourth-order valence-corrected chi connectivity index (χ4v) is 2.29. The normalized spacial score (nSPS) is 17.4. The summed E-state index contributed by atoms with van der Waals surface area (Å²) in [7, 11) is 0. The van der Waals surface area contributed by atoms with Crippen molar-refractivity contribution in [1.29, 1.82) is 0 Å². The molecule has 0 bridgehead atoms. The van der Waals surface area contributed by atoms with Gasteiger partial charge in [-0.15, -0.1) is 0 Å². The Labute approximate surface area is 131 Å². The predicted molar refractivity (Wildman–Crippen MR) is 80.1 cm³/mol. The lowest BCUT2D eigenvalue weighted by Gasteiger charge is -2.12. The minimum atomic E-state index is -0.445. The smallest absolute Gasteiger partial charge is 0.414 e. The van der Waals surface area contributed by atoms with Crippen LogP contribution >= 0.6 is 11.6 Å². The average molecular weight is 321 g/mol. The van der Waals surface area contributed by atoms with Crippen molar-refractivity contribution >= 4 is 29.3 Å². The van der Waals surface area contributed by atoms with Crippen molar-refractivity contribution in [2.24, 2.45) is 0 Å². The molecule has 2 aromatic rings. The Morgan fingerprint density at radius 3 is 2.77 bits per heavy atom. The number of furan rings is 1. The second-order valence-electron chi connectivity index (χ2n) is 4.78. The molecule has 114 valence electrons. The van der Waals surface area contributed by atoms with Gasteiger partial charge < -0.3 is 14.5 Å². The summed E-state index contributed by atoms with van der Waals surface area (Å²) in [5.74, 6) is -0.120. The second-order valence-corrected chi connectivity index (χ2v) is 5.22. The monoisotopic (exact) mass is 320 g/mol. The van der Waals surface area contributed by atoms with Crippen molar-refractivity contribution in [3.63, 3.8) is 0 Å². The lowest BCUT2D eigenvalue weighted by atomic mass is 10.2. The van der Waals surface area contributed by atoms with E-state index in [1.54, 1.807) is 36.4 Å². The van der Waals surface area contributed by atoms with E-state index in [0.717, 1.165) is 0 Å². The summed E-state index contributed by atoms with van der Waals surface area (Å²) >= 11 is 5.83. The molecule has 1 atom stereocenters. The molecule has 1 N–H and O–H groups in total. The molecule has 0 spiro atoms. The van der Waals surface area contributed by atoms with Crippen LogP contribution in [0.2, 0.25) is 5.02 Å². The second kappa shape index (κ2) is 6.11. The van der Waals surface area contributed by atoms with E-state index >= 15 is 0 Å². The molecule has 0 saturated carbocycles. The van der Waals surface area contributed by atoms with E-state index in [9.17, 15) is 9.59 Å². The molecular weight excluding hydrogens is 308 g/mol. The maximum absolute atomic E-state index is 11.9. The van der Waals surface area contributed by atoms with Crippen molar-refractivity contribution in [2.75, 3.05) is 18.0 Å². The Morgan fingerprint density at radius 2 is 2.09 bits per heavy atom. The number of cyclic esters (lactones) is 1. The topological polar surface area (TPSA) is 71.8 Å². The van der Waals surface area contributed by atoms with Gasteiger partial charge in [0.15, 0.2) is 5.76 Å². The minimum Gasteiger partial charge on any atom is -0.459 e. The van der Waals surface area contributed by atoms with Crippen LogP contribution in [0.3, 0.4) is 0 Å². The van der Waals surface area contributed by atoms with E-state index in [1.807, 2.05) is 0 Å².